The number of benzene rings is 1. The first kappa shape index (κ1) is 16.2. The number of rotatable bonds is 6. The first-order valence-electron chi connectivity index (χ1n) is 7.90. The first-order chi connectivity index (χ1) is 10.1. The molecule has 1 heterocycles. The molecule has 0 radical (unpaired) electrons. The molecule has 0 aliphatic carbocycles. The predicted molar refractivity (Wildman–Crippen MR) is 84.1 cm³/mol. The molecule has 0 amide bonds. The average molecular weight is 294 g/mol. The van der Waals surface area contributed by atoms with Crippen LogP contribution in [0.3, 0.4) is 0 Å². The summed E-state index contributed by atoms with van der Waals surface area (Å²) in [5.41, 5.74) is 0.757. The van der Waals surface area contributed by atoms with Gasteiger partial charge in [0.25, 0.3) is 0 Å². The van der Waals surface area contributed by atoms with Crippen LogP contribution in [-0.2, 0) is 6.54 Å². The average Bonchev–Trinajstić information content (AvgIpc) is 2.48. The van der Waals surface area contributed by atoms with Gasteiger partial charge in [-0.15, -0.1) is 0 Å². The number of nitrogens with one attached hydrogen (secondary N) is 1. The maximum Gasteiger partial charge on any atom is 0.131 e. The molecular weight excluding hydrogens is 267 g/mol. The number of hydrogen-bond acceptors (Lipinski definition) is 3. The van der Waals surface area contributed by atoms with Crippen LogP contribution in [0.15, 0.2) is 18.2 Å². The van der Waals surface area contributed by atoms with Gasteiger partial charge in [-0.05, 0) is 25.5 Å². The molecule has 1 aliphatic rings. The molecule has 0 aromatic heterocycles. The molecule has 2 rings (SSSR count). The monoisotopic (exact) mass is 294 g/mol. The Morgan fingerprint density at radius 1 is 1.38 bits per heavy atom. The SMILES string of the molecule is COc1ccc(CN2CCCCC2CNC(C)C)c(F)c1. The van der Waals surface area contributed by atoms with Gasteiger partial charge in [-0.25, -0.2) is 4.39 Å². The van der Waals surface area contributed by atoms with E-state index in [0.29, 0.717) is 24.4 Å². The van der Waals surface area contributed by atoms with E-state index in [1.54, 1.807) is 7.11 Å². The van der Waals surface area contributed by atoms with Gasteiger partial charge < -0.3 is 10.1 Å². The Morgan fingerprint density at radius 2 is 2.19 bits per heavy atom. The number of piperidine rings is 1. The van der Waals surface area contributed by atoms with E-state index in [4.69, 9.17) is 4.74 Å². The zero-order valence-electron chi connectivity index (χ0n) is 13.4. The van der Waals surface area contributed by atoms with Crippen molar-refractivity contribution in [2.24, 2.45) is 0 Å². The Bertz CT molecular complexity index is 450. The summed E-state index contributed by atoms with van der Waals surface area (Å²) in [6.07, 6.45) is 3.67. The molecule has 3 nitrogen and oxygen atoms in total. The van der Waals surface area contributed by atoms with Gasteiger partial charge in [0.1, 0.15) is 11.6 Å². The molecule has 1 N–H and O–H groups in total. The molecule has 1 saturated heterocycles. The topological polar surface area (TPSA) is 24.5 Å². The minimum Gasteiger partial charge on any atom is -0.497 e. The molecule has 1 aromatic rings. The second-order valence-corrected chi connectivity index (χ2v) is 6.14. The van der Waals surface area contributed by atoms with Crippen LogP contribution in [0.25, 0.3) is 0 Å². The highest BCUT2D eigenvalue weighted by Gasteiger charge is 2.23. The molecule has 1 fully saturated rings. The molecule has 4 heteroatoms. The lowest BCUT2D eigenvalue weighted by molar-refractivity contribution is 0.134. The zero-order valence-corrected chi connectivity index (χ0v) is 13.4. The number of nitrogens with zero attached hydrogens (tertiary/aromatic N) is 1. The van der Waals surface area contributed by atoms with Crippen LogP contribution < -0.4 is 10.1 Å². The summed E-state index contributed by atoms with van der Waals surface area (Å²) in [4.78, 5) is 2.41. The van der Waals surface area contributed by atoms with E-state index < -0.39 is 0 Å². The molecule has 0 bridgehead atoms. The number of likely N-dealkylation sites (tertiary alicyclic amines) is 1. The molecule has 1 atom stereocenters. The van der Waals surface area contributed by atoms with Crippen LogP contribution in [0, 0.1) is 5.82 Å². The van der Waals surface area contributed by atoms with Gasteiger partial charge in [-0.1, -0.05) is 26.3 Å². The fourth-order valence-corrected chi connectivity index (χ4v) is 2.87. The van der Waals surface area contributed by atoms with Crippen molar-refractivity contribution in [3.05, 3.63) is 29.6 Å². The van der Waals surface area contributed by atoms with Crippen LogP contribution in [0.5, 0.6) is 5.75 Å². The van der Waals surface area contributed by atoms with Crippen LogP contribution in [0.2, 0.25) is 0 Å². The first-order valence-corrected chi connectivity index (χ1v) is 7.90. The minimum absolute atomic E-state index is 0.171. The van der Waals surface area contributed by atoms with E-state index in [9.17, 15) is 4.39 Å². The van der Waals surface area contributed by atoms with Gasteiger partial charge in [-0.2, -0.15) is 0 Å². The molecule has 0 saturated carbocycles. The number of ether oxygens (including phenoxy) is 1. The van der Waals surface area contributed by atoms with E-state index in [-0.39, 0.29) is 5.82 Å². The molecule has 118 valence electrons. The Balaban J connectivity index is 2.01. The van der Waals surface area contributed by atoms with Crippen molar-refractivity contribution in [3.8, 4) is 5.75 Å². The van der Waals surface area contributed by atoms with Crippen molar-refractivity contribution < 1.29 is 9.13 Å². The van der Waals surface area contributed by atoms with Gasteiger partial charge in [0.15, 0.2) is 0 Å². The van der Waals surface area contributed by atoms with E-state index >= 15 is 0 Å². The standard InChI is InChI=1S/C17H27FN2O/c1-13(2)19-11-15-6-4-5-9-20(15)12-14-7-8-16(21-3)10-17(14)18/h7-8,10,13,15,19H,4-6,9,11-12H2,1-3H3. The smallest absolute Gasteiger partial charge is 0.131 e. The largest absolute Gasteiger partial charge is 0.497 e. The summed E-state index contributed by atoms with van der Waals surface area (Å²) in [6, 6.07) is 6.15. The summed E-state index contributed by atoms with van der Waals surface area (Å²) in [5, 5.41) is 3.51. The van der Waals surface area contributed by atoms with E-state index in [2.05, 4.69) is 24.1 Å². The highest BCUT2D eigenvalue weighted by molar-refractivity contribution is 5.28. The van der Waals surface area contributed by atoms with Gasteiger partial charge in [-0.3, -0.25) is 4.90 Å². The lowest BCUT2D eigenvalue weighted by Crippen LogP contribution is -2.46. The summed E-state index contributed by atoms with van der Waals surface area (Å²) in [5.74, 6) is 0.406. The quantitative estimate of drug-likeness (QED) is 0.872. The molecule has 1 unspecified atom stereocenters. The lowest BCUT2D eigenvalue weighted by Gasteiger charge is -2.36. The second kappa shape index (κ2) is 7.76. The van der Waals surface area contributed by atoms with Crippen molar-refractivity contribution in [3.63, 3.8) is 0 Å². The highest BCUT2D eigenvalue weighted by atomic mass is 19.1. The highest BCUT2D eigenvalue weighted by Crippen LogP contribution is 2.22. The Kier molecular flexibility index (Phi) is 6.00. The third kappa shape index (κ3) is 4.68. The van der Waals surface area contributed by atoms with Crippen molar-refractivity contribution in [2.45, 2.75) is 51.7 Å². The third-order valence-electron chi connectivity index (χ3n) is 4.14. The van der Waals surface area contributed by atoms with Crippen LogP contribution in [-0.4, -0.2) is 37.2 Å². The summed E-state index contributed by atoms with van der Waals surface area (Å²) < 4.78 is 19.2. The van der Waals surface area contributed by atoms with E-state index in [0.717, 1.165) is 18.7 Å². The summed E-state index contributed by atoms with van der Waals surface area (Å²) in [6.45, 7) is 7.04. The van der Waals surface area contributed by atoms with E-state index in [1.807, 2.05) is 12.1 Å². The lowest BCUT2D eigenvalue weighted by atomic mass is 10.0. The van der Waals surface area contributed by atoms with Crippen molar-refractivity contribution in [1.82, 2.24) is 10.2 Å². The van der Waals surface area contributed by atoms with Crippen LogP contribution in [0.4, 0.5) is 4.39 Å². The predicted octanol–water partition coefficient (Wildman–Crippen LogP) is 3.19. The van der Waals surface area contributed by atoms with Crippen molar-refractivity contribution >= 4 is 0 Å². The Labute approximate surface area is 127 Å². The molecule has 1 aliphatic heterocycles. The summed E-state index contributed by atoms with van der Waals surface area (Å²) >= 11 is 0. The molecular formula is C17H27FN2O. The fourth-order valence-electron chi connectivity index (χ4n) is 2.87. The van der Waals surface area contributed by atoms with Crippen LogP contribution in [0.1, 0.15) is 38.7 Å². The third-order valence-corrected chi connectivity index (χ3v) is 4.14. The number of hydrogen-bond donors (Lipinski definition) is 1. The zero-order chi connectivity index (χ0) is 15.2. The van der Waals surface area contributed by atoms with Gasteiger partial charge in [0.2, 0.25) is 0 Å². The van der Waals surface area contributed by atoms with Crippen molar-refractivity contribution in [2.75, 3.05) is 20.2 Å². The van der Waals surface area contributed by atoms with Gasteiger partial charge in [0, 0.05) is 36.8 Å². The Hall–Kier alpha value is -1.13. The Morgan fingerprint density at radius 3 is 2.86 bits per heavy atom. The maximum absolute atomic E-state index is 14.1. The van der Waals surface area contributed by atoms with Crippen molar-refractivity contribution in [1.29, 1.82) is 0 Å². The fraction of sp³-hybridized carbons (Fsp3) is 0.647. The maximum atomic E-state index is 14.1. The number of halogens is 1. The second-order valence-electron chi connectivity index (χ2n) is 6.14. The normalized spacial score (nSPS) is 20.0. The van der Waals surface area contributed by atoms with Gasteiger partial charge in [0.05, 0.1) is 7.11 Å². The van der Waals surface area contributed by atoms with Gasteiger partial charge >= 0.3 is 0 Å². The molecule has 21 heavy (non-hydrogen) atoms. The minimum atomic E-state index is -0.171. The summed E-state index contributed by atoms with van der Waals surface area (Å²) in [7, 11) is 1.56. The number of methoxy groups -OCH3 is 1. The van der Waals surface area contributed by atoms with E-state index in [1.165, 1.54) is 25.3 Å². The molecule has 1 aromatic carbocycles. The molecule has 0 spiro atoms. The van der Waals surface area contributed by atoms with Crippen LogP contribution >= 0.6 is 0 Å².